The molecule has 21 heavy (non-hydrogen) atoms. The summed E-state index contributed by atoms with van der Waals surface area (Å²) in [6.07, 6.45) is 2.73. The first kappa shape index (κ1) is 16.5. The van der Waals surface area contributed by atoms with Crippen LogP contribution in [0.4, 0.5) is 0 Å². The Morgan fingerprint density at radius 3 is 2.71 bits per heavy atom. The molecule has 0 aromatic carbocycles. The molecule has 0 saturated carbocycles. The second kappa shape index (κ2) is 7.92. The molecule has 1 atom stereocenters. The normalized spacial score (nSPS) is 19.3. The molecule has 0 N–H and O–H groups in total. The Morgan fingerprint density at radius 1 is 1.33 bits per heavy atom. The third kappa shape index (κ3) is 5.41. The van der Waals surface area contributed by atoms with Crippen molar-refractivity contribution in [2.24, 2.45) is 0 Å². The van der Waals surface area contributed by atoms with Crippen LogP contribution in [0.2, 0.25) is 0 Å². The number of hydrogen-bond acceptors (Lipinski definition) is 5. The fourth-order valence-electron chi connectivity index (χ4n) is 2.55. The lowest BCUT2D eigenvalue weighted by Gasteiger charge is -2.25. The summed E-state index contributed by atoms with van der Waals surface area (Å²) in [5.74, 6) is 1.37. The van der Waals surface area contributed by atoms with Crippen molar-refractivity contribution in [2.45, 2.75) is 45.3 Å². The number of ether oxygens (including phenoxy) is 1. The van der Waals surface area contributed by atoms with Crippen LogP contribution in [0.25, 0.3) is 0 Å². The average Bonchev–Trinajstić information content (AvgIpc) is 3.07. The summed E-state index contributed by atoms with van der Waals surface area (Å²) in [6, 6.07) is 2.09. The molecule has 1 aromatic heterocycles. The van der Waals surface area contributed by atoms with Crippen molar-refractivity contribution in [1.82, 2.24) is 15.0 Å². The first-order valence-corrected chi connectivity index (χ1v) is 7.98. The number of nitrogens with zero attached hydrogens (tertiary/aromatic N) is 3. The number of likely N-dealkylation sites (N-methyl/N-ethyl adjacent to an activating group) is 1. The van der Waals surface area contributed by atoms with Crippen molar-refractivity contribution in [3.05, 3.63) is 17.5 Å². The van der Waals surface area contributed by atoms with Gasteiger partial charge >= 0.3 is 0 Å². The molecule has 0 bridgehead atoms. The molecule has 1 saturated heterocycles. The predicted molar refractivity (Wildman–Crippen MR) is 83.4 cm³/mol. The van der Waals surface area contributed by atoms with E-state index in [1.54, 1.807) is 0 Å². The van der Waals surface area contributed by atoms with E-state index in [0.717, 1.165) is 44.2 Å². The van der Waals surface area contributed by atoms with Gasteiger partial charge in [-0.1, -0.05) is 19.0 Å². The van der Waals surface area contributed by atoms with Crippen molar-refractivity contribution >= 4 is 0 Å². The fourth-order valence-corrected chi connectivity index (χ4v) is 2.55. The molecule has 5 nitrogen and oxygen atoms in total. The highest BCUT2D eigenvalue weighted by Gasteiger charge is 2.20. The first-order valence-electron chi connectivity index (χ1n) is 7.98. The van der Waals surface area contributed by atoms with E-state index in [-0.39, 0.29) is 0 Å². The van der Waals surface area contributed by atoms with E-state index in [0.29, 0.717) is 12.0 Å². The maximum atomic E-state index is 5.77. The van der Waals surface area contributed by atoms with Gasteiger partial charge in [0.2, 0.25) is 0 Å². The van der Waals surface area contributed by atoms with Gasteiger partial charge in [0.1, 0.15) is 0 Å². The molecule has 2 heterocycles. The molecule has 0 radical (unpaired) electrons. The van der Waals surface area contributed by atoms with Gasteiger partial charge in [-0.05, 0) is 32.9 Å². The number of aromatic nitrogens is 1. The Morgan fingerprint density at radius 2 is 2.14 bits per heavy atom. The second-order valence-electron chi connectivity index (χ2n) is 6.55. The van der Waals surface area contributed by atoms with Gasteiger partial charge in [-0.3, -0.25) is 4.90 Å². The van der Waals surface area contributed by atoms with E-state index in [9.17, 15) is 0 Å². The van der Waals surface area contributed by atoms with Crippen LogP contribution in [0.3, 0.4) is 0 Å². The van der Waals surface area contributed by atoms with E-state index in [1.807, 2.05) is 0 Å². The molecular formula is C16H29N3O2. The molecule has 0 aliphatic carbocycles. The second-order valence-corrected chi connectivity index (χ2v) is 6.55. The van der Waals surface area contributed by atoms with Gasteiger partial charge in [0.05, 0.1) is 18.3 Å². The van der Waals surface area contributed by atoms with Crippen molar-refractivity contribution in [3.8, 4) is 0 Å². The highest BCUT2D eigenvalue weighted by Crippen LogP contribution is 2.18. The molecule has 5 heteroatoms. The quantitative estimate of drug-likeness (QED) is 0.736. The molecule has 0 unspecified atom stereocenters. The molecule has 1 aliphatic heterocycles. The summed E-state index contributed by atoms with van der Waals surface area (Å²) in [7, 11) is 4.21. The maximum Gasteiger partial charge on any atom is 0.150 e. The topological polar surface area (TPSA) is 41.7 Å². The van der Waals surface area contributed by atoms with Gasteiger partial charge in [0.15, 0.2) is 5.76 Å². The van der Waals surface area contributed by atoms with Crippen LogP contribution in [0.1, 0.15) is 44.1 Å². The van der Waals surface area contributed by atoms with Crippen LogP contribution in [0.5, 0.6) is 0 Å². The zero-order valence-electron chi connectivity index (χ0n) is 13.8. The van der Waals surface area contributed by atoms with Crippen LogP contribution >= 0.6 is 0 Å². The van der Waals surface area contributed by atoms with Gasteiger partial charge in [-0.15, -0.1) is 0 Å². The molecule has 0 amide bonds. The lowest BCUT2D eigenvalue weighted by atomic mass is 10.1. The Kier molecular flexibility index (Phi) is 6.21. The summed E-state index contributed by atoms with van der Waals surface area (Å²) < 4.78 is 11.3. The Bertz CT molecular complexity index is 411. The third-order valence-electron chi connectivity index (χ3n) is 3.90. The SMILES string of the molecule is CC(C)c1cc(CN(CCN(C)C)C[C@@H]2CCCO2)on1. The standard InChI is InChI=1S/C16H29N3O2/c1-13(2)16-10-15(21-17-16)12-19(8-7-18(3)4)11-14-6-5-9-20-14/h10,13-14H,5-9,11-12H2,1-4H3/t14-/m0/s1. The third-order valence-corrected chi connectivity index (χ3v) is 3.90. The van der Waals surface area contributed by atoms with Crippen LogP contribution in [-0.4, -0.2) is 61.4 Å². The first-order chi connectivity index (χ1) is 10.0. The van der Waals surface area contributed by atoms with Crippen molar-refractivity contribution in [2.75, 3.05) is 40.3 Å². The van der Waals surface area contributed by atoms with Crippen molar-refractivity contribution in [3.63, 3.8) is 0 Å². The molecule has 120 valence electrons. The smallest absolute Gasteiger partial charge is 0.150 e. The number of rotatable bonds is 8. The van der Waals surface area contributed by atoms with Crippen molar-refractivity contribution in [1.29, 1.82) is 0 Å². The largest absolute Gasteiger partial charge is 0.377 e. The molecule has 0 spiro atoms. The van der Waals surface area contributed by atoms with Crippen LogP contribution in [0, 0.1) is 0 Å². The zero-order chi connectivity index (χ0) is 15.2. The summed E-state index contributed by atoms with van der Waals surface area (Å²) >= 11 is 0. The van der Waals surface area contributed by atoms with Crippen LogP contribution in [-0.2, 0) is 11.3 Å². The summed E-state index contributed by atoms with van der Waals surface area (Å²) in [5, 5.41) is 4.15. The maximum absolute atomic E-state index is 5.77. The van der Waals surface area contributed by atoms with E-state index in [2.05, 4.69) is 49.0 Å². The lowest BCUT2D eigenvalue weighted by molar-refractivity contribution is 0.0651. The van der Waals surface area contributed by atoms with Gasteiger partial charge in [-0.25, -0.2) is 0 Å². The minimum atomic E-state index is 0.375. The average molecular weight is 295 g/mol. The van der Waals surface area contributed by atoms with Crippen molar-refractivity contribution < 1.29 is 9.26 Å². The monoisotopic (exact) mass is 295 g/mol. The molecule has 2 rings (SSSR count). The minimum absolute atomic E-state index is 0.375. The van der Waals surface area contributed by atoms with E-state index >= 15 is 0 Å². The highest BCUT2D eigenvalue weighted by molar-refractivity contribution is 5.08. The van der Waals surface area contributed by atoms with Crippen LogP contribution < -0.4 is 0 Å². The Balaban J connectivity index is 1.92. The summed E-state index contributed by atoms with van der Waals surface area (Å²) in [5.41, 5.74) is 1.04. The predicted octanol–water partition coefficient (Wildman–Crippen LogP) is 2.34. The molecule has 1 aliphatic rings. The molecular weight excluding hydrogens is 266 g/mol. The van der Waals surface area contributed by atoms with E-state index in [4.69, 9.17) is 9.26 Å². The van der Waals surface area contributed by atoms with Gasteiger partial charge in [0.25, 0.3) is 0 Å². The van der Waals surface area contributed by atoms with Gasteiger partial charge < -0.3 is 14.2 Å². The van der Waals surface area contributed by atoms with Gasteiger partial charge in [-0.2, -0.15) is 0 Å². The fraction of sp³-hybridized carbons (Fsp3) is 0.812. The molecule has 1 fully saturated rings. The zero-order valence-corrected chi connectivity index (χ0v) is 13.8. The highest BCUT2D eigenvalue weighted by atomic mass is 16.5. The Labute approximate surface area is 128 Å². The Hall–Kier alpha value is -0.910. The molecule has 1 aromatic rings. The van der Waals surface area contributed by atoms with Crippen LogP contribution in [0.15, 0.2) is 10.6 Å². The summed E-state index contributed by atoms with van der Waals surface area (Å²) in [6.45, 7) is 9.03. The van der Waals surface area contributed by atoms with Gasteiger partial charge in [0, 0.05) is 32.3 Å². The van der Waals surface area contributed by atoms with E-state index in [1.165, 1.54) is 12.8 Å². The van der Waals surface area contributed by atoms with E-state index < -0.39 is 0 Å². The summed E-state index contributed by atoms with van der Waals surface area (Å²) in [4.78, 5) is 4.63. The minimum Gasteiger partial charge on any atom is -0.377 e. The lowest BCUT2D eigenvalue weighted by Crippen LogP contribution is -2.36. The number of hydrogen-bond donors (Lipinski definition) is 0.